The molecule has 0 bridgehead atoms. The molecule has 162 valence electrons. The number of fused-ring (bicyclic) bond motifs is 5. The number of halogens is 2. The molecule has 0 saturated carbocycles. The SMILES string of the molecule is CC(C)OCc1nnc2n1Cc1c(/C=C/c3ccc(F)cc3)ncn1-c1ccc(Cl)cc1-2. The Morgan fingerprint density at radius 1 is 1.12 bits per heavy atom. The summed E-state index contributed by atoms with van der Waals surface area (Å²) >= 11 is 6.32. The second kappa shape index (κ2) is 8.33. The lowest BCUT2D eigenvalue weighted by molar-refractivity contribution is 0.0595. The lowest BCUT2D eigenvalue weighted by Crippen LogP contribution is -2.11. The normalized spacial score (nSPS) is 12.7. The number of nitrogens with zero attached hydrogens (tertiary/aromatic N) is 5. The van der Waals surface area contributed by atoms with Gasteiger partial charge < -0.3 is 13.9 Å². The van der Waals surface area contributed by atoms with Gasteiger partial charge in [-0.2, -0.15) is 0 Å². The lowest BCUT2D eigenvalue weighted by atomic mass is 10.1. The third kappa shape index (κ3) is 3.85. The predicted molar refractivity (Wildman–Crippen MR) is 122 cm³/mol. The van der Waals surface area contributed by atoms with Crippen molar-refractivity contribution < 1.29 is 9.13 Å². The van der Waals surface area contributed by atoms with Gasteiger partial charge in [0.05, 0.1) is 29.7 Å². The van der Waals surface area contributed by atoms with Gasteiger partial charge in [0.2, 0.25) is 0 Å². The number of rotatable bonds is 5. The summed E-state index contributed by atoms with van der Waals surface area (Å²) < 4.78 is 23.1. The average molecular weight is 450 g/mol. The van der Waals surface area contributed by atoms with Crippen LogP contribution in [-0.2, 0) is 17.9 Å². The van der Waals surface area contributed by atoms with E-state index in [4.69, 9.17) is 16.3 Å². The summed E-state index contributed by atoms with van der Waals surface area (Å²) in [6.07, 6.45) is 5.74. The Morgan fingerprint density at radius 3 is 2.72 bits per heavy atom. The summed E-state index contributed by atoms with van der Waals surface area (Å²) in [4.78, 5) is 4.64. The van der Waals surface area contributed by atoms with Crippen LogP contribution in [0.1, 0.15) is 36.6 Å². The maximum Gasteiger partial charge on any atom is 0.166 e. The molecular weight excluding hydrogens is 429 g/mol. The zero-order valence-corrected chi connectivity index (χ0v) is 18.4. The van der Waals surface area contributed by atoms with Crippen molar-refractivity contribution in [2.24, 2.45) is 0 Å². The van der Waals surface area contributed by atoms with Crippen molar-refractivity contribution in [3.63, 3.8) is 0 Å². The predicted octanol–water partition coefficient (Wildman–Crippen LogP) is 5.38. The fourth-order valence-electron chi connectivity index (χ4n) is 3.74. The summed E-state index contributed by atoms with van der Waals surface area (Å²) in [5.41, 5.74) is 4.50. The van der Waals surface area contributed by atoms with Crippen LogP contribution in [0.4, 0.5) is 4.39 Å². The molecule has 2 aromatic carbocycles. The smallest absolute Gasteiger partial charge is 0.166 e. The van der Waals surface area contributed by atoms with E-state index in [1.54, 1.807) is 18.5 Å². The Morgan fingerprint density at radius 2 is 1.94 bits per heavy atom. The highest BCUT2D eigenvalue weighted by atomic mass is 35.5. The first-order valence-corrected chi connectivity index (χ1v) is 10.7. The molecule has 0 unspecified atom stereocenters. The van der Waals surface area contributed by atoms with Crippen LogP contribution in [0.5, 0.6) is 0 Å². The van der Waals surface area contributed by atoms with Gasteiger partial charge in [-0.05, 0) is 55.8 Å². The molecule has 0 saturated heterocycles. The molecule has 0 atom stereocenters. The molecule has 3 heterocycles. The van der Waals surface area contributed by atoms with Gasteiger partial charge >= 0.3 is 0 Å². The Kier molecular flexibility index (Phi) is 5.36. The van der Waals surface area contributed by atoms with Crippen LogP contribution in [-0.4, -0.2) is 30.4 Å². The number of hydrogen-bond acceptors (Lipinski definition) is 4. The molecule has 2 aromatic heterocycles. The molecule has 0 aliphatic carbocycles. The van der Waals surface area contributed by atoms with E-state index in [9.17, 15) is 4.39 Å². The Balaban J connectivity index is 1.61. The molecule has 4 aromatic rings. The van der Waals surface area contributed by atoms with Crippen molar-refractivity contribution in [2.75, 3.05) is 0 Å². The number of imidazole rings is 1. The summed E-state index contributed by atoms with van der Waals surface area (Å²) in [5, 5.41) is 9.47. The maximum atomic E-state index is 13.2. The summed E-state index contributed by atoms with van der Waals surface area (Å²) in [5.74, 6) is 1.22. The molecule has 6 nitrogen and oxygen atoms in total. The first-order chi connectivity index (χ1) is 15.5. The molecule has 5 rings (SSSR count). The van der Waals surface area contributed by atoms with Gasteiger partial charge in [0, 0.05) is 10.6 Å². The third-order valence-corrected chi connectivity index (χ3v) is 5.58. The van der Waals surface area contributed by atoms with Crippen molar-refractivity contribution in [1.29, 1.82) is 0 Å². The largest absolute Gasteiger partial charge is 0.371 e. The second-order valence-electron chi connectivity index (χ2n) is 7.88. The number of benzene rings is 2. The number of aromatic nitrogens is 5. The Hall–Kier alpha value is -3.29. The molecule has 8 heteroatoms. The topological polar surface area (TPSA) is 57.8 Å². The Bertz CT molecular complexity index is 1310. The van der Waals surface area contributed by atoms with Crippen LogP contribution in [0.2, 0.25) is 5.02 Å². The molecule has 0 fully saturated rings. The van der Waals surface area contributed by atoms with Gasteiger partial charge in [-0.25, -0.2) is 9.37 Å². The van der Waals surface area contributed by atoms with Crippen LogP contribution >= 0.6 is 11.6 Å². The standard InChI is InChI=1S/C24H21ClFN5O/c1-15(2)32-13-23-28-29-24-19-11-17(25)6-10-21(19)31-14-27-20(22(31)12-30(23)24)9-5-16-3-7-18(26)8-4-16/h3-11,14-15H,12-13H2,1-2H3/b9-5+. The van der Waals surface area contributed by atoms with E-state index in [1.165, 1.54) is 12.1 Å². The second-order valence-corrected chi connectivity index (χ2v) is 8.32. The van der Waals surface area contributed by atoms with Crippen LogP contribution in [0, 0.1) is 5.82 Å². The highest BCUT2D eigenvalue weighted by Crippen LogP contribution is 2.34. The maximum absolute atomic E-state index is 13.2. The van der Waals surface area contributed by atoms with Crippen LogP contribution in [0.15, 0.2) is 48.8 Å². The molecular formula is C24H21ClFN5O. The molecule has 0 N–H and O–H groups in total. The first-order valence-electron chi connectivity index (χ1n) is 10.3. The van der Waals surface area contributed by atoms with Crippen LogP contribution < -0.4 is 0 Å². The fourth-order valence-corrected chi connectivity index (χ4v) is 3.91. The zero-order chi connectivity index (χ0) is 22.2. The minimum absolute atomic E-state index is 0.0789. The van der Waals surface area contributed by atoms with Crippen molar-refractivity contribution in [3.05, 3.63) is 82.4 Å². The molecule has 32 heavy (non-hydrogen) atoms. The summed E-state index contributed by atoms with van der Waals surface area (Å²) in [6.45, 7) is 4.86. The summed E-state index contributed by atoms with van der Waals surface area (Å²) in [6, 6.07) is 12.1. The van der Waals surface area contributed by atoms with Crippen LogP contribution in [0.25, 0.3) is 29.2 Å². The van der Waals surface area contributed by atoms with Gasteiger partial charge in [0.1, 0.15) is 18.8 Å². The first kappa shape index (κ1) is 20.6. The van der Waals surface area contributed by atoms with Gasteiger partial charge in [0.25, 0.3) is 0 Å². The van der Waals surface area contributed by atoms with E-state index in [-0.39, 0.29) is 11.9 Å². The third-order valence-electron chi connectivity index (χ3n) is 5.34. The lowest BCUT2D eigenvalue weighted by Gasteiger charge is -2.10. The quantitative estimate of drug-likeness (QED) is 0.361. The highest BCUT2D eigenvalue weighted by Gasteiger charge is 2.25. The number of hydrogen-bond donors (Lipinski definition) is 0. The molecule has 0 radical (unpaired) electrons. The fraction of sp³-hybridized carbons (Fsp3) is 0.208. The summed E-state index contributed by atoms with van der Waals surface area (Å²) in [7, 11) is 0. The van der Waals surface area contributed by atoms with Gasteiger partial charge in [-0.1, -0.05) is 29.8 Å². The highest BCUT2D eigenvalue weighted by molar-refractivity contribution is 6.31. The van der Waals surface area contributed by atoms with Crippen LogP contribution in [0.3, 0.4) is 0 Å². The van der Waals surface area contributed by atoms with Crippen molar-refractivity contribution >= 4 is 23.8 Å². The zero-order valence-electron chi connectivity index (χ0n) is 17.7. The molecule has 1 aliphatic rings. The van der Waals surface area contributed by atoms with Crippen molar-refractivity contribution in [1.82, 2.24) is 24.3 Å². The molecule has 1 aliphatic heterocycles. The monoisotopic (exact) mass is 449 g/mol. The Labute approximate surface area is 190 Å². The van der Waals surface area contributed by atoms with Crippen molar-refractivity contribution in [3.8, 4) is 17.1 Å². The van der Waals surface area contributed by atoms with E-state index in [2.05, 4.69) is 19.7 Å². The molecule has 0 amide bonds. The average Bonchev–Trinajstić information content (AvgIpc) is 3.33. The van der Waals surface area contributed by atoms with E-state index >= 15 is 0 Å². The van der Waals surface area contributed by atoms with Gasteiger partial charge in [-0.15, -0.1) is 10.2 Å². The van der Waals surface area contributed by atoms with E-state index < -0.39 is 0 Å². The minimum Gasteiger partial charge on any atom is -0.371 e. The van der Waals surface area contributed by atoms with Gasteiger partial charge in [0.15, 0.2) is 11.6 Å². The number of ether oxygens (including phenoxy) is 1. The van der Waals surface area contributed by atoms with E-state index in [0.717, 1.165) is 39.9 Å². The van der Waals surface area contributed by atoms with E-state index in [0.29, 0.717) is 18.2 Å². The van der Waals surface area contributed by atoms with Gasteiger partial charge in [-0.3, -0.25) is 0 Å². The minimum atomic E-state index is -0.260. The van der Waals surface area contributed by atoms with Crippen molar-refractivity contribution in [2.45, 2.75) is 33.1 Å². The van der Waals surface area contributed by atoms with E-state index in [1.807, 2.05) is 48.8 Å². The molecule has 0 spiro atoms.